The lowest BCUT2D eigenvalue weighted by Gasteiger charge is -2.36. The molecule has 3 aromatic rings. The van der Waals surface area contributed by atoms with E-state index in [1.807, 2.05) is 38.2 Å². The Balaban J connectivity index is 1.58. The lowest BCUT2D eigenvalue weighted by atomic mass is 10.1. The van der Waals surface area contributed by atoms with E-state index in [-0.39, 0.29) is 5.43 Å². The number of methoxy groups -OCH3 is 1. The van der Waals surface area contributed by atoms with Crippen LogP contribution in [0.5, 0.6) is 5.75 Å². The summed E-state index contributed by atoms with van der Waals surface area (Å²) in [6, 6.07) is 16.3. The molecule has 1 aliphatic heterocycles. The minimum atomic E-state index is 0.120. The summed E-state index contributed by atoms with van der Waals surface area (Å²) in [6.07, 6.45) is 0. The van der Waals surface area contributed by atoms with Gasteiger partial charge < -0.3 is 14.2 Å². The second-order valence-corrected chi connectivity index (χ2v) is 7.43. The minimum Gasteiger partial charge on any atom is -0.497 e. The molecule has 1 fully saturated rings. The lowest BCUT2D eigenvalue weighted by molar-refractivity contribution is 0.248. The number of para-hydroxylation sites is 1. The van der Waals surface area contributed by atoms with Crippen LogP contribution < -0.4 is 15.1 Å². The average Bonchev–Trinajstić information content (AvgIpc) is 2.76. The van der Waals surface area contributed by atoms with E-state index in [4.69, 9.17) is 4.74 Å². The van der Waals surface area contributed by atoms with E-state index in [1.54, 1.807) is 7.11 Å². The Bertz CT molecular complexity index is 1040. The number of aryl methyl sites for hydroxylation is 1. The van der Waals surface area contributed by atoms with E-state index in [0.717, 1.165) is 54.1 Å². The predicted octanol–water partition coefficient (Wildman–Crippen LogP) is 3.18. The molecule has 0 bridgehead atoms. The maximum atomic E-state index is 13.2. The molecule has 2 heterocycles. The van der Waals surface area contributed by atoms with Crippen molar-refractivity contribution in [1.29, 1.82) is 0 Å². The molecule has 2 aromatic carbocycles. The molecule has 0 saturated carbocycles. The second-order valence-electron chi connectivity index (χ2n) is 7.43. The van der Waals surface area contributed by atoms with Crippen molar-refractivity contribution in [2.24, 2.45) is 7.05 Å². The van der Waals surface area contributed by atoms with Crippen LogP contribution in [0.15, 0.2) is 53.3 Å². The second kappa shape index (κ2) is 7.68. The van der Waals surface area contributed by atoms with E-state index in [2.05, 4.69) is 38.6 Å². The van der Waals surface area contributed by atoms with Crippen LogP contribution >= 0.6 is 0 Å². The number of pyridine rings is 1. The Morgan fingerprint density at radius 1 is 1.00 bits per heavy atom. The molecule has 0 spiro atoms. The summed E-state index contributed by atoms with van der Waals surface area (Å²) in [4.78, 5) is 18.0. The molecule has 5 heteroatoms. The van der Waals surface area contributed by atoms with Crippen molar-refractivity contribution in [3.8, 4) is 5.75 Å². The maximum absolute atomic E-state index is 13.2. The number of fused-ring (bicyclic) bond motifs is 1. The van der Waals surface area contributed by atoms with Crippen molar-refractivity contribution in [3.05, 3.63) is 70.0 Å². The highest BCUT2D eigenvalue weighted by Gasteiger charge is 2.20. The van der Waals surface area contributed by atoms with Gasteiger partial charge in [-0.3, -0.25) is 9.69 Å². The molecular formula is C23H27N3O2. The summed E-state index contributed by atoms with van der Waals surface area (Å²) in [5, 5.41) is 0.727. The molecule has 1 aliphatic rings. The van der Waals surface area contributed by atoms with E-state index < -0.39 is 0 Å². The Morgan fingerprint density at radius 2 is 1.71 bits per heavy atom. The number of anilines is 1. The highest BCUT2D eigenvalue weighted by molar-refractivity contribution is 5.81. The molecule has 4 rings (SSSR count). The highest BCUT2D eigenvalue weighted by atomic mass is 16.5. The Morgan fingerprint density at radius 3 is 2.39 bits per heavy atom. The fraction of sp³-hybridized carbons (Fsp3) is 0.348. The van der Waals surface area contributed by atoms with Crippen molar-refractivity contribution in [2.45, 2.75) is 13.5 Å². The summed E-state index contributed by atoms with van der Waals surface area (Å²) in [7, 11) is 3.66. The molecular weight excluding hydrogens is 350 g/mol. The van der Waals surface area contributed by atoms with Gasteiger partial charge in [0.25, 0.3) is 0 Å². The summed E-state index contributed by atoms with van der Waals surface area (Å²) in [6.45, 7) is 6.59. The van der Waals surface area contributed by atoms with Crippen molar-refractivity contribution in [1.82, 2.24) is 9.47 Å². The zero-order valence-corrected chi connectivity index (χ0v) is 16.8. The van der Waals surface area contributed by atoms with Gasteiger partial charge in [-0.05, 0) is 37.3 Å². The third-order valence-corrected chi connectivity index (χ3v) is 5.90. The molecule has 0 atom stereocenters. The van der Waals surface area contributed by atoms with Crippen molar-refractivity contribution >= 4 is 16.6 Å². The first-order valence-corrected chi connectivity index (χ1v) is 9.77. The molecule has 0 amide bonds. The number of hydrogen-bond donors (Lipinski definition) is 0. The zero-order chi connectivity index (χ0) is 19.7. The van der Waals surface area contributed by atoms with E-state index in [9.17, 15) is 4.79 Å². The van der Waals surface area contributed by atoms with Crippen molar-refractivity contribution < 1.29 is 4.74 Å². The van der Waals surface area contributed by atoms with Gasteiger partial charge in [0.05, 0.1) is 12.6 Å². The van der Waals surface area contributed by atoms with Crippen LogP contribution in [0.1, 0.15) is 11.3 Å². The molecule has 5 nitrogen and oxygen atoms in total. The van der Waals surface area contributed by atoms with Gasteiger partial charge in [0, 0.05) is 62.1 Å². The smallest absolute Gasteiger partial charge is 0.194 e. The normalized spacial score (nSPS) is 15.2. The molecule has 0 N–H and O–H groups in total. The highest BCUT2D eigenvalue weighted by Crippen LogP contribution is 2.22. The molecule has 1 saturated heterocycles. The van der Waals surface area contributed by atoms with Crippen LogP contribution in [0.3, 0.4) is 0 Å². The number of nitrogens with zero attached hydrogens (tertiary/aromatic N) is 3. The number of piperazine rings is 1. The number of benzene rings is 2. The van der Waals surface area contributed by atoms with E-state index in [0.29, 0.717) is 6.54 Å². The van der Waals surface area contributed by atoms with Gasteiger partial charge in [0.1, 0.15) is 5.75 Å². The Kier molecular flexibility index (Phi) is 5.09. The molecule has 0 radical (unpaired) electrons. The maximum Gasteiger partial charge on any atom is 0.194 e. The summed E-state index contributed by atoms with van der Waals surface area (Å²) >= 11 is 0. The van der Waals surface area contributed by atoms with Crippen LogP contribution in [0.25, 0.3) is 10.9 Å². The first kappa shape index (κ1) is 18.6. The van der Waals surface area contributed by atoms with Crippen LogP contribution in [0, 0.1) is 6.92 Å². The average molecular weight is 377 g/mol. The zero-order valence-electron chi connectivity index (χ0n) is 16.8. The third kappa shape index (κ3) is 3.38. The Labute approximate surface area is 165 Å². The first-order chi connectivity index (χ1) is 13.6. The quantitative estimate of drug-likeness (QED) is 0.700. The molecule has 28 heavy (non-hydrogen) atoms. The Hall–Kier alpha value is -2.79. The van der Waals surface area contributed by atoms with Crippen LogP contribution in [-0.4, -0.2) is 42.8 Å². The number of ether oxygens (including phenoxy) is 1. The number of rotatable bonds is 4. The fourth-order valence-corrected chi connectivity index (χ4v) is 4.04. The molecule has 146 valence electrons. The van der Waals surface area contributed by atoms with Gasteiger partial charge in [0.15, 0.2) is 5.43 Å². The van der Waals surface area contributed by atoms with Gasteiger partial charge in [0.2, 0.25) is 0 Å². The fourth-order valence-electron chi connectivity index (χ4n) is 4.04. The van der Waals surface area contributed by atoms with Gasteiger partial charge >= 0.3 is 0 Å². The standard InChI is InChI=1S/C23H27N3O2/c1-17-21(23(27)20-15-19(28-3)9-10-22(20)24(17)2)16-25-11-13-26(14-12-25)18-7-5-4-6-8-18/h4-10,15H,11-14,16H2,1-3H3. The van der Waals surface area contributed by atoms with Crippen LogP contribution in [0.2, 0.25) is 0 Å². The minimum absolute atomic E-state index is 0.120. The van der Waals surface area contributed by atoms with Gasteiger partial charge in [-0.25, -0.2) is 0 Å². The third-order valence-electron chi connectivity index (χ3n) is 5.90. The summed E-state index contributed by atoms with van der Waals surface area (Å²) in [5.41, 5.74) is 4.26. The van der Waals surface area contributed by atoms with Gasteiger partial charge in [-0.15, -0.1) is 0 Å². The molecule has 0 unspecified atom stereocenters. The van der Waals surface area contributed by atoms with Gasteiger partial charge in [-0.1, -0.05) is 18.2 Å². The van der Waals surface area contributed by atoms with E-state index in [1.165, 1.54) is 5.69 Å². The monoisotopic (exact) mass is 377 g/mol. The SMILES string of the molecule is COc1ccc2c(c1)c(=O)c(CN1CCN(c3ccccc3)CC1)c(C)n2C. The summed E-state index contributed by atoms with van der Waals surface area (Å²) in [5.74, 6) is 0.718. The predicted molar refractivity (Wildman–Crippen MR) is 114 cm³/mol. The van der Waals surface area contributed by atoms with Crippen LogP contribution in [-0.2, 0) is 13.6 Å². The lowest BCUT2D eigenvalue weighted by Crippen LogP contribution is -2.46. The topological polar surface area (TPSA) is 37.7 Å². The number of aromatic nitrogens is 1. The van der Waals surface area contributed by atoms with Crippen molar-refractivity contribution in [3.63, 3.8) is 0 Å². The first-order valence-electron chi connectivity index (χ1n) is 9.77. The van der Waals surface area contributed by atoms with Crippen LogP contribution in [0.4, 0.5) is 5.69 Å². The van der Waals surface area contributed by atoms with E-state index >= 15 is 0 Å². The largest absolute Gasteiger partial charge is 0.497 e. The molecule has 0 aliphatic carbocycles. The van der Waals surface area contributed by atoms with Crippen molar-refractivity contribution in [2.75, 3.05) is 38.2 Å². The summed E-state index contributed by atoms with van der Waals surface area (Å²) < 4.78 is 7.44. The number of hydrogen-bond acceptors (Lipinski definition) is 4. The van der Waals surface area contributed by atoms with Gasteiger partial charge in [-0.2, -0.15) is 0 Å². The molecule has 1 aromatic heterocycles.